The average molecular weight is 572 g/mol. The number of hydrogen-bond donors (Lipinski definition) is 3. The van der Waals surface area contributed by atoms with Crippen molar-refractivity contribution in [2.24, 2.45) is 5.92 Å². The molecule has 10 heteroatoms. The number of amides is 2. The first-order valence-electron chi connectivity index (χ1n) is 10.5. The van der Waals surface area contributed by atoms with E-state index < -0.39 is 28.0 Å². The zero-order valence-corrected chi connectivity index (χ0v) is 22.3. The predicted octanol–water partition coefficient (Wildman–Crippen LogP) is 7.78. The minimum Gasteiger partial charge on any atom is -0.388 e. The van der Waals surface area contributed by atoms with Gasteiger partial charge in [0, 0.05) is 40.1 Å². The molecule has 35 heavy (non-hydrogen) atoms. The molecule has 3 aromatic rings. The number of benzene rings is 3. The number of rotatable bonds is 6. The molecular formula is C25H20Cl5N3O2. The SMILES string of the molecule is CNc1cc(NC(=O)c2cc(NC(=O)[C@@H]3[C@@H](c4cc(Cl)cc(Cl)c4)C3(Cl)Cl)ccc2Cl)ccc1C. The second kappa shape index (κ2) is 10.1. The fourth-order valence-electron chi connectivity index (χ4n) is 3.99. The lowest BCUT2D eigenvalue weighted by Gasteiger charge is -2.12. The van der Waals surface area contributed by atoms with Crippen LogP contribution in [0.15, 0.2) is 54.6 Å². The van der Waals surface area contributed by atoms with E-state index in [9.17, 15) is 9.59 Å². The first-order chi connectivity index (χ1) is 16.5. The van der Waals surface area contributed by atoms with E-state index in [2.05, 4.69) is 16.0 Å². The zero-order valence-electron chi connectivity index (χ0n) is 18.6. The molecule has 1 aliphatic carbocycles. The van der Waals surface area contributed by atoms with Crippen LogP contribution in [0.4, 0.5) is 17.1 Å². The van der Waals surface area contributed by atoms with Gasteiger partial charge in [-0.2, -0.15) is 0 Å². The van der Waals surface area contributed by atoms with Gasteiger partial charge in [0.25, 0.3) is 5.91 Å². The fourth-order valence-corrected chi connectivity index (χ4v) is 5.56. The van der Waals surface area contributed by atoms with E-state index in [-0.39, 0.29) is 10.6 Å². The summed E-state index contributed by atoms with van der Waals surface area (Å²) in [6.45, 7) is 1.96. The van der Waals surface area contributed by atoms with Gasteiger partial charge in [0.05, 0.1) is 16.5 Å². The monoisotopic (exact) mass is 569 g/mol. The second-order valence-electron chi connectivity index (χ2n) is 8.25. The molecule has 1 fully saturated rings. The topological polar surface area (TPSA) is 70.2 Å². The van der Waals surface area contributed by atoms with Gasteiger partial charge in [0.2, 0.25) is 5.91 Å². The van der Waals surface area contributed by atoms with Gasteiger partial charge in [0.1, 0.15) is 4.33 Å². The molecule has 3 aromatic carbocycles. The highest BCUT2D eigenvalue weighted by Gasteiger charge is 2.67. The number of aryl methyl sites for hydroxylation is 1. The molecule has 0 heterocycles. The van der Waals surface area contributed by atoms with Crippen LogP contribution in [0.1, 0.15) is 27.4 Å². The number of carbonyl (C=O) groups excluding carboxylic acids is 2. The highest BCUT2D eigenvalue weighted by molar-refractivity contribution is 6.53. The Morgan fingerprint density at radius 3 is 2.14 bits per heavy atom. The third-order valence-corrected chi connectivity index (χ3v) is 7.53. The standard InChI is InChI=1S/C25H20Cl5N3O2/c1-12-3-4-17(11-20(12)31-2)32-23(34)18-10-16(5-6-19(18)28)33-24(35)22-21(25(22,29)30)13-7-14(26)9-15(27)8-13/h3-11,21-22,31H,1-2H3,(H,32,34)(H,33,35)/t21-,22+/m1/s1. The van der Waals surface area contributed by atoms with Gasteiger partial charge in [-0.15, -0.1) is 23.2 Å². The lowest BCUT2D eigenvalue weighted by atomic mass is 10.1. The number of alkyl halides is 2. The normalized spacial score (nSPS) is 18.0. The first kappa shape index (κ1) is 25.9. The largest absolute Gasteiger partial charge is 0.388 e. The van der Waals surface area contributed by atoms with Crippen LogP contribution in [0.25, 0.3) is 0 Å². The van der Waals surface area contributed by atoms with Gasteiger partial charge in [0.15, 0.2) is 0 Å². The molecule has 0 unspecified atom stereocenters. The van der Waals surface area contributed by atoms with E-state index in [1.165, 1.54) is 12.1 Å². The number of carbonyl (C=O) groups is 2. The van der Waals surface area contributed by atoms with Crippen LogP contribution in [-0.4, -0.2) is 23.2 Å². The summed E-state index contributed by atoms with van der Waals surface area (Å²) >= 11 is 31.3. The van der Waals surface area contributed by atoms with Gasteiger partial charge in [-0.3, -0.25) is 9.59 Å². The molecule has 2 amide bonds. The summed E-state index contributed by atoms with van der Waals surface area (Å²) in [5.41, 5.74) is 3.78. The minimum atomic E-state index is -1.32. The van der Waals surface area contributed by atoms with Crippen LogP contribution in [0, 0.1) is 12.8 Å². The summed E-state index contributed by atoms with van der Waals surface area (Å²) in [6, 6.07) is 15.1. The molecule has 2 atom stereocenters. The number of anilines is 3. The van der Waals surface area contributed by atoms with Gasteiger partial charge in [-0.1, -0.05) is 40.9 Å². The van der Waals surface area contributed by atoms with Crippen molar-refractivity contribution in [3.05, 3.63) is 86.4 Å². The highest BCUT2D eigenvalue weighted by Crippen LogP contribution is 2.65. The van der Waals surface area contributed by atoms with Crippen molar-refractivity contribution in [1.82, 2.24) is 0 Å². The molecule has 182 valence electrons. The molecule has 0 saturated heterocycles. The van der Waals surface area contributed by atoms with E-state index in [4.69, 9.17) is 58.0 Å². The van der Waals surface area contributed by atoms with E-state index in [0.717, 1.165) is 11.3 Å². The van der Waals surface area contributed by atoms with Crippen molar-refractivity contribution >= 4 is 86.9 Å². The Morgan fingerprint density at radius 2 is 1.49 bits per heavy atom. The number of hydrogen-bond acceptors (Lipinski definition) is 3. The summed E-state index contributed by atoms with van der Waals surface area (Å²) in [5, 5.41) is 9.76. The van der Waals surface area contributed by atoms with Gasteiger partial charge in [-0.05, 0) is 66.6 Å². The first-order valence-corrected chi connectivity index (χ1v) is 12.4. The molecule has 1 aliphatic rings. The summed E-state index contributed by atoms with van der Waals surface area (Å²) in [6.07, 6.45) is 0. The fraction of sp³-hybridized carbons (Fsp3) is 0.200. The molecule has 0 radical (unpaired) electrons. The van der Waals surface area contributed by atoms with Crippen LogP contribution in [0.3, 0.4) is 0 Å². The van der Waals surface area contributed by atoms with E-state index in [0.29, 0.717) is 27.0 Å². The smallest absolute Gasteiger partial charge is 0.257 e. The van der Waals surface area contributed by atoms with E-state index >= 15 is 0 Å². The highest BCUT2D eigenvalue weighted by atomic mass is 35.5. The van der Waals surface area contributed by atoms with Crippen LogP contribution >= 0.6 is 58.0 Å². The van der Waals surface area contributed by atoms with Crippen molar-refractivity contribution in [2.75, 3.05) is 23.0 Å². The van der Waals surface area contributed by atoms with Crippen LogP contribution in [0.5, 0.6) is 0 Å². The van der Waals surface area contributed by atoms with Crippen LogP contribution in [0.2, 0.25) is 15.1 Å². The maximum absolute atomic E-state index is 13.0. The molecule has 3 N–H and O–H groups in total. The molecule has 4 rings (SSSR count). The molecule has 1 saturated carbocycles. The molecule has 0 aliphatic heterocycles. The number of nitrogens with one attached hydrogen (secondary N) is 3. The molecule has 0 aromatic heterocycles. The quantitative estimate of drug-likeness (QED) is 0.265. The Labute approximate surface area is 228 Å². The molecule has 0 bridgehead atoms. The molecular weight excluding hydrogens is 552 g/mol. The van der Waals surface area contributed by atoms with Gasteiger partial charge >= 0.3 is 0 Å². The Hall–Kier alpha value is -2.15. The van der Waals surface area contributed by atoms with Crippen molar-refractivity contribution in [3.8, 4) is 0 Å². The minimum absolute atomic E-state index is 0.202. The maximum atomic E-state index is 13.0. The summed E-state index contributed by atoms with van der Waals surface area (Å²) in [4.78, 5) is 25.9. The van der Waals surface area contributed by atoms with Gasteiger partial charge in [-0.25, -0.2) is 0 Å². The average Bonchev–Trinajstić information content (AvgIpc) is 3.37. The Balaban J connectivity index is 1.51. The van der Waals surface area contributed by atoms with Crippen molar-refractivity contribution in [2.45, 2.75) is 17.2 Å². The third kappa shape index (κ3) is 5.50. The van der Waals surface area contributed by atoms with E-state index in [1.54, 1.807) is 37.4 Å². The van der Waals surface area contributed by atoms with Crippen LogP contribution in [-0.2, 0) is 4.79 Å². The Bertz CT molecular complexity index is 1310. The Kier molecular flexibility index (Phi) is 7.46. The van der Waals surface area contributed by atoms with Crippen LogP contribution < -0.4 is 16.0 Å². The maximum Gasteiger partial charge on any atom is 0.257 e. The zero-order chi connectivity index (χ0) is 25.5. The van der Waals surface area contributed by atoms with Crippen molar-refractivity contribution < 1.29 is 9.59 Å². The second-order valence-corrected chi connectivity index (χ2v) is 11.0. The van der Waals surface area contributed by atoms with Gasteiger partial charge < -0.3 is 16.0 Å². The van der Waals surface area contributed by atoms with Crippen molar-refractivity contribution in [1.29, 1.82) is 0 Å². The summed E-state index contributed by atoms with van der Waals surface area (Å²) in [5.74, 6) is -2.04. The molecule has 5 nitrogen and oxygen atoms in total. The van der Waals surface area contributed by atoms with E-state index in [1.807, 2.05) is 19.1 Å². The summed E-state index contributed by atoms with van der Waals surface area (Å²) < 4.78 is -1.32. The van der Waals surface area contributed by atoms with Crippen molar-refractivity contribution in [3.63, 3.8) is 0 Å². The lowest BCUT2D eigenvalue weighted by Crippen LogP contribution is -2.18. The predicted molar refractivity (Wildman–Crippen MR) is 146 cm³/mol. The summed E-state index contributed by atoms with van der Waals surface area (Å²) in [7, 11) is 1.80. The number of halogens is 5. The third-order valence-electron chi connectivity index (χ3n) is 5.82. The lowest BCUT2D eigenvalue weighted by molar-refractivity contribution is -0.117. The molecule has 0 spiro atoms. The Morgan fingerprint density at radius 1 is 0.857 bits per heavy atom.